The molecule has 3 aromatic heterocycles. The molecule has 0 saturated carbocycles. The number of methoxy groups -OCH3 is 1. The van der Waals surface area contributed by atoms with Gasteiger partial charge in [-0.05, 0) is 56.5 Å². The first kappa shape index (κ1) is 20.0. The summed E-state index contributed by atoms with van der Waals surface area (Å²) >= 11 is 0. The summed E-state index contributed by atoms with van der Waals surface area (Å²) in [6.45, 7) is 6.54. The van der Waals surface area contributed by atoms with Crippen molar-refractivity contribution in [3.05, 3.63) is 83.3 Å². The lowest BCUT2D eigenvalue weighted by atomic mass is 10.0. The Kier molecular flexibility index (Phi) is 4.75. The van der Waals surface area contributed by atoms with E-state index in [4.69, 9.17) is 9.72 Å². The topological polar surface area (TPSA) is 65.7 Å². The highest BCUT2D eigenvalue weighted by molar-refractivity contribution is 5.87. The van der Waals surface area contributed by atoms with Crippen LogP contribution in [-0.4, -0.2) is 31.6 Å². The van der Waals surface area contributed by atoms with E-state index in [1.54, 1.807) is 19.5 Å². The van der Waals surface area contributed by atoms with E-state index >= 15 is 0 Å². The Morgan fingerprint density at radius 3 is 2.75 bits per heavy atom. The van der Waals surface area contributed by atoms with Crippen LogP contribution in [0.4, 0.5) is 0 Å². The first-order valence-corrected chi connectivity index (χ1v) is 10.5. The molecule has 0 bridgehead atoms. The van der Waals surface area contributed by atoms with Crippen LogP contribution in [-0.2, 0) is 12.0 Å². The molecule has 0 unspecified atom stereocenters. The van der Waals surface area contributed by atoms with E-state index in [2.05, 4.69) is 76.4 Å². The Morgan fingerprint density at radius 2 is 1.94 bits per heavy atom. The number of ether oxygens (including phenoxy) is 1. The summed E-state index contributed by atoms with van der Waals surface area (Å²) in [5.41, 5.74) is 7.41. The van der Waals surface area contributed by atoms with Gasteiger partial charge in [-0.15, -0.1) is 0 Å². The molecule has 0 amide bonds. The molecule has 32 heavy (non-hydrogen) atoms. The average Bonchev–Trinajstić information content (AvgIpc) is 3.41. The number of pyridine rings is 1. The summed E-state index contributed by atoms with van der Waals surface area (Å²) in [6.07, 6.45) is 8.26. The summed E-state index contributed by atoms with van der Waals surface area (Å²) < 4.78 is 7.48. The first-order chi connectivity index (χ1) is 15.4. The van der Waals surface area contributed by atoms with E-state index in [-0.39, 0.29) is 5.54 Å². The lowest BCUT2D eigenvalue weighted by molar-refractivity contribution is 0.396. The zero-order valence-corrected chi connectivity index (χ0v) is 18.5. The minimum Gasteiger partial charge on any atom is -0.480 e. The van der Waals surface area contributed by atoms with Gasteiger partial charge in [-0.3, -0.25) is 4.98 Å². The van der Waals surface area contributed by atoms with Gasteiger partial charge < -0.3 is 9.30 Å². The lowest BCUT2D eigenvalue weighted by Gasteiger charge is -2.21. The minimum absolute atomic E-state index is 0.0503. The van der Waals surface area contributed by atoms with Crippen molar-refractivity contribution in [3.8, 4) is 17.7 Å². The summed E-state index contributed by atoms with van der Waals surface area (Å²) in [5.74, 6) is 6.71. The maximum Gasteiger partial charge on any atom is 0.229 e. The number of hydrogen-bond acceptors (Lipinski definition) is 5. The Morgan fingerprint density at radius 1 is 1.06 bits per heavy atom. The predicted molar refractivity (Wildman–Crippen MR) is 124 cm³/mol. The SMILES string of the molecule is COc1ncccc1C#Cc1cnc2c(n1)C(c1ccc3ncn(C(C)(C)C)c3c1)=CC2. The molecule has 3 heterocycles. The maximum atomic E-state index is 5.28. The highest BCUT2D eigenvalue weighted by Crippen LogP contribution is 2.32. The van der Waals surface area contributed by atoms with Gasteiger partial charge in [0.15, 0.2) is 0 Å². The van der Waals surface area contributed by atoms with Crippen LogP contribution in [0.3, 0.4) is 0 Å². The van der Waals surface area contributed by atoms with E-state index < -0.39 is 0 Å². The van der Waals surface area contributed by atoms with Gasteiger partial charge in [0.1, 0.15) is 5.69 Å². The number of fused-ring (bicyclic) bond motifs is 2. The smallest absolute Gasteiger partial charge is 0.229 e. The van der Waals surface area contributed by atoms with Gasteiger partial charge in [0, 0.05) is 23.7 Å². The van der Waals surface area contributed by atoms with Gasteiger partial charge in [-0.2, -0.15) is 0 Å². The minimum atomic E-state index is -0.0503. The summed E-state index contributed by atoms with van der Waals surface area (Å²) in [5, 5.41) is 0. The molecule has 5 rings (SSSR count). The highest BCUT2D eigenvalue weighted by Gasteiger charge is 2.21. The second kappa shape index (κ2) is 7.61. The zero-order chi connectivity index (χ0) is 22.3. The van der Waals surface area contributed by atoms with Gasteiger partial charge in [0.2, 0.25) is 5.88 Å². The van der Waals surface area contributed by atoms with E-state index in [0.717, 1.165) is 40.0 Å². The Labute approximate surface area is 187 Å². The van der Waals surface area contributed by atoms with Crippen LogP contribution in [0.5, 0.6) is 5.88 Å². The molecule has 158 valence electrons. The summed E-state index contributed by atoms with van der Waals surface area (Å²) in [7, 11) is 1.59. The quantitative estimate of drug-likeness (QED) is 0.450. The average molecular weight is 422 g/mol. The number of aromatic nitrogens is 5. The molecular formula is C26H23N5O. The molecule has 1 aromatic carbocycles. The van der Waals surface area contributed by atoms with Gasteiger partial charge in [-0.25, -0.2) is 15.0 Å². The second-order valence-electron chi connectivity index (χ2n) is 8.67. The van der Waals surface area contributed by atoms with Crippen LogP contribution in [0, 0.1) is 11.8 Å². The van der Waals surface area contributed by atoms with Crippen molar-refractivity contribution >= 4 is 16.6 Å². The molecule has 1 aliphatic rings. The van der Waals surface area contributed by atoms with Crippen molar-refractivity contribution in [2.45, 2.75) is 32.7 Å². The van der Waals surface area contributed by atoms with Crippen LogP contribution < -0.4 is 4.74 Å². The molecule has 4 aromatic rings. The molecule has 0 radical (unpaired) electrons. The van der Waals surface area contributed by atoms with Gasteiger partial charge in [0.05, 0.1) is 47.6 Å². The Hall–Kier alpha value is -3.98. The molecule has 1 aliphatic carbocycles. The number of allylic oxidation sites excluding steroid dienone is 1. The zero-order valence-electron chi connectivity index (χ0n) is 18.5. The van der Waals surface area contributed by atoms with Gasteiger partial charge >= 0.3 is 0 Å². The van der Waals surface area contributed by atoms with Crippen LogP contribution in [0.2, 0.25) is 0 Å². The van der Waals surface area contributed by atoms with Crippen molar-refractivity contribution in [2.75, 3.05) is 7.11 Å². The van der Waals surface area contributed by atoms with Crippen LogP contribution >= 0.6 is 0 Å². The number of nitrogens with zero attached hydrogens (tertiary/aromatic N) is 5. The third-order valence-corrected chi connectivity index (χ3v) is 5.47. The van der Waals surface area contributed by atoms with Crippen molar-refractivity contribution in [1.29, 1.82) is 0 Å². The van der Waals surface area contributed by atoms with E-state index in [0.29, 0.717) is 17.1 Å². The molecule has 0 atom stereocenters. The van der Waals surface area contributed by atoms with E-state index in [1.165, 1.54) is 0 Å². The van der Waals surface area contributed by atoms with Gasteiger partial charge in [-0.1, -0.05) is 18.1 Å². The Bertz CT molecular complexity index is 1430. The summed E-state index contributed by atoms with van der Waals surface area (Å²) in [6, 6.07) is 10.1. The molecular weight excluding hydrogens is 398 g/mol. The molecule has 0 saturated heterocycles. The maximum absolute atomic E-state index is 5.28. The predicted octanol–water partition coefficient (Wildman–Crippen LogP) is 4.37. The Balaban J connectivity index is 1.53. The normalized spacial score (nSPS) is 12.8. The third-order valence-electron chi connectivity index (χ3n) is 5.47. The fourth-order valence-electron chi connectivity index (χ4n) is 3.88. The summed E-state index contributed by atoms with van der Waals surface area (Å²) in [4.78, 5) is 18.2. The van der Waals surface area contributed by atoms with Crippen LogP contribution in [0.1, 0.15) is 49.0 Å². The number of rotatable bonds is 2. The monoisotopic (exact) mass is 421 g/mol. The molecule has 0 N–H and O–H groups in total. The molecule has 6 nitrogen and oxygen atoms in total. The highest BCUT2D eigenvalue weighted by atomic mass is 16.5. The third kappa shape index (κ3) is 3.52. The van der Waals surface area contributed by atoms with Gasteiger partial charge in [0.25, 0.3) is 0 Å². The van der Waals surface area contributed by atoms with Crippen LogP contribution in [0.25, 0.3) is 16.6 Å². The molecule has 0 aliphatic heterocycles. The molecule has 6 heteroatoms. The van der Waals surface area contributed by atoms with Crippen molar-refractivity contribution in [2.24, 2.45) is 0 Å². The van der Waals surface area contributed by atoms with E-state index in [1.807, 2.05) is 18.5 Å². The fraction of sp³-hybridized carbons (Fsp3) is 0.231. The van der Waals surface area contributed by atoms with E-state index in [9.17, 15) is 0 Å². The first-order valence-electron chi connectivity index (χ1n) is 10.5. The van der Waals surface area contributed by atoms with Crippen molar-refractivity contribution in [3.63, 3.8) is 0 Å². The van der Waals surface area contributed by atoms with Crippen LogP contribution in [0.15, 0.2) is 55.1 Å². The number of hydrogen-bond donors (Lipinski definition) is 0. The number of benzene rings is 1. The standard InChI is InChI=1S/C26H23N5O/c1-26(2,3)31-16-29-21-11-8-18(14-23(21)31)20-10-12-22-24(20)30-19(15-28-22)9-7-17-6-5-13-27-25(17)32-4/h5-6,8,10-11,13-16H,12H2,1-4H3. The molecule has 0 spiro atoms. The number of imidazole rings is 1. The molecule has 0 fully saturated rings. The van der Waals surface area contributed by atoms with Crippen molar-refractivity contribution in [1.82, 2.24) is 24.5 Å². The fourth-order valence-corrected chi connectivity index (χ4v) is 3.88. The largest absolute Gasteiger partial charge is 0.480 e. The lowest BCUT2D eigenvalue weighted by Crippen LogP contribution is -2.20. The van der Waals surface area contributed by atoms with Crippen molar-refractivity contribution < 1.29 is 4.74 Å². The second-order valence-corrected chi connectivity index (χ2v) is 8.67.